The number of aryl methyl sites for hydroxylation is 1. The summed E-state index contributed by atoms with van der Waals surface area (Å²) >= 11 is 0. The van der Waals surface area contributed by atoms with Crippen LogP contribution in [0.1, 0.15) is 69.8 Å². The van der Waals surface area contributed by atoms with Crippen molar-refractivity contribution >= 4 is 5.69 Å². The van der Waals surface area contributed by atoms with Gasteiger partial charge in [-0.1, -0.05) is 57.1 Å². The van der Waals surface area contributed by atoms with Crippen molar-refractivity contribution in [1.29, 1.82) is 0 Å². The maximum absolute atomic E-state index is 6.36. The molecule has 0 radical (unpaired) electrons. The van der Waals surface area contributed by atoms with Gasteiger partial charge in [0.05, 0.1) is 11.7 Å². The lowest BCUT2D eigenvalue weighted by atomic mass is 9.94. The van der Waals surface area contributed by atoms with Crippen LogP contribution in [0.5, 0.6) is 5.75 Å². The first-order chi connectivity index (χ1) is 10.3. The zero-order chi connectivity index (χ0) is 14.5. The van der Waals surface area contributed by atoms with Gasteiger partial charge in [-0.05, 0) is 37.8 Å². The zero-order valence-corrected chi connectivity index (χ0v) is 13.4. The lowest BCUT2D eigenvalue weighted by Gasteiger charge is -2.36. The SMILES string of the molecule is Cc1cccc2c1NC1CCCCCCCCCCC1O2. The molecule has 1 fully saturated rings. The Balaban J connectivity index is 1.72. The van der Waals surface area contributed by atoms with E-state index in [0.717, 1.165) is 5.75 Å². The quantitative estimate of drug-likeness (QED) is 0.685. The minimum Gasteiger partial charge on any atom is -0.486 e. The highest BCUT2D eigenvalue weighted by molar-refractivity contribution is 5.63. The molecule has 0 bridgehead atoms. The number of para-hydroxylation sites is 1. The van der Waals surface area contributed by atoms with Gasteiger partial charge in [-0.2, -0.15) is 0 Å². The summed E-state index contributed by atoms with van der Waals surface area (Å²) in [6.07, 6.45) is 13.9. The summed E-state index contributed by atoms with van der Waals surface area (Å²) in [7, 11) is 0. The summed E-state index contributed by atoms with van der Waals surface area (Å²) in [6, 6.07) is 6.89. The highest BCUT2D eigenvalue weighted by atomic mass is 16.5. The molecule has 0 spiro atoms. The Bertz CT molecular complexity index is 457. The number of benzene rings is 1. The molecule has 1 N–H and O–H groups in total. The number of rotatable bonds is 0. The third kappa shape index (κ3) is 3.72. The molecular formula is C19H29NO. The predicted molar refractivity (Wildman–Crippen MR) is 89.2 cm³/mol. The van der Waals surface area contributed by atoms with Gasteiger partial charge >= 0.3 is 0 Å². The molecule has 1 heterocycles. The number of hydrogen-bond donors (Lipinski definition) is 1. The standard InChI is InChI=1S/C19H29NO/c1-15-11-10-14-18-19(15)20-16-12-8-6-4-2-3-5-7-9-13-17(16)21-18/h10-11,14,16-17,20H,2-9,12-13H2,1H3. The van der Waals surface area contributed by atoms with Crippen molar-refractivity contribution in [3.8, 4) is 5.75 Å². The Kier molecular flexibility index (Phi) is 5.05. The fraction of sp³-hybridized carbons (Fsp3) is 0.684. The van der Waals surface area contributed by atoms with E-state index in [0.29, 0.717) is 12.1 Å². The highest BCUT2D eigenvalue weighted by Crippen LogP contribution is 2.36. The Hall–Kier alpha value is -1.18. The van der Waals surface area contributed by atoms with Crippen molar-refractivity contribution in [2.45, 2.75) is 83.3 Å². The van der Waals surface area contributed by atoms with Gasteiger partial charge in [-0.3, -0.25) is 0 Å². The van der Waals surface area contributed by atoms with Crippen LogP contribution in [0.3, 0.4) is 0 Å². The molecule has 1 aromatic rings. The largest absolute Gasteiger partial charge is 0.486 e. The van der Waals surface area contributed by atoms with Crippen molar-refractivity contribution in [1.82, 2.24) is 0 Å². The maximum atomic E-state index is 6.36. The lowest BCUT2D eigenvalue weighted by molar-refractivity contribution is 0.148. The third-order valence-electron chi connectivity index (χ3n) is 5.05. The minimum atomic E-state index is 0.360. The fourth-order valence-electron chi connectivity index (χ4n) is 3.74. The molecular weight excluding hydrogens is 258 g/mol. The molecule has 1 aromatic carbocycles. The van der Waals surface area contributed by atoms with Gasteiger partial charge in [0.15, 0.2) is 0 Å². The molecule has 0 amide bonds. The number of ether oxygens (including phenoxy) is 1. The molecule has 2 unspecified atom stereocenters. The monoisotopic (exact) mass is 287 g/mol. The normalized spacial score (nSPS) is 27.1. The van der Waals surface area contributed by atoms with E-state index in [-0.39, 0.29) is 0 Å². The van der Waals surface area contributed by atoms with Gasteiger partial charge in [0, 0.05) is 0 Å². The van der Waals surface area contributed by atoms with E-state index in [1.807, 2.05) is 0 Å². The van der Waals surface area contributed by atoms with Crippen molar-refractivity contribution in [2.24, 2.45) is 0 Å². The van der Waals surface area contributed by atoms with Crippen LogP contribution in [0.4, 0.5) is 5.69 Å². The van der Waals surface area contributed by atoms with Gasteiger partial charge in [-0.25, -0.2) is 0 Å². The summed E-state index contributed by atoms with van der Waals surface area (Å²) in [5, 5.41) is 3.79. The van der Waals surface area contributed by atoms with Crippen LogP contribution in [-0.4, -0.2) is 12.1 Å². The highest BCUT2D eigenvalue weighted by Gasteiger charge is 2.29. The van der Waals surface area contributed by atoms with Crippen LogP contribution in [0.2, 0.25) is 0 Å². The van der Waals surface area contributed by atoms with Crippen LogP contribution >= 0.6 is 0 Å². The summed E-state index contributed by atoms with van der Waals surface area (Å²) in [5.74, 6) is 1.06. The number of hydrogen-bond acceptors (Lipinski definition) is 2. The number of fused-ring (bicyclic) bond motifs is 2. The molecule has 116 valence electrons. The molecule has 2 heteroatoms. The van der Waals surface area contributed by atoms with Gasteiger partial charge in [-0.15, -0.1) is 0 Å². The van der Waals surface area contributed by atoms with E-state index in [2.05, 4.69) is 30.4 Å². The molecule has 3 rings (SSSR count). The first-order valence-electron chi connectivity index (χ1n) is 8.87. The summed E-state index contributed by atoms with van der Waals surface area (Å²) in [4.78, 5) is 0. The first-order valence-corrected chi connectivity index (χ1v) is 8.87. The van der Waals surface area contributed by atoms with E-state index in [9.17, 15) is 0 Å². The summed E-state index contributed by atoms with van der Waals surface area (Å²) in [6.45, 7) is 2.17. The molecule has 1 aliphatic heterocycles. The third-order valence-corrected chi connectivity index (χ3v) is 5.05. The fourth-order valence-corrected chi connectivity index (χ4v) is 3.74. The second-order valence-corrected chi connectivity index (χ2v) is 6.76. The van der Waals surface area contributed by atoms with Crippen molar-refractivity contribution in [3.63, 3.8) is 0 Å². The average molecular weight is 287 g/mol. The van der Waals surface area contributed by atoms with E-state index >= 15 is 0 Å². The van der Waals surface area contributed by atoms with E-state index in [4.69, 9.17) is 4.74 Å². The maximum Gasteiger partial charge on any atom is 0.143 e. The molecule has 2 atom stereocenters. The zero-order valence-electron chi connectivity index (χ0n) is 13.4. The van der Waals surface area contributed by atoms with Crippen molar-refractivity contribution < 1.29 is 4.74 Å². The summed E-state index contributed by atoms with van der Waals surface area (Å²) < 4.78 is 6.36. The van der Waals surface area contributed by atoms with Crippen LogP contribution in [0.25, 0.3) is 0 Å². The second kappa shape index (κ2) is 7.20. The van der Waals surface area contributed by atoms with E-state index in [1.54, 1.807) is 0 Å². The molecule has 21 heavy (non-hydrogen) atoms. The van der Waals surface area contributed by atoms with Crippen LogP contribution in [0, 0.1) is 6.92 Å². The van der Waals surface area contributed by atoms with Gasteiger partial charge in [0.1, 0.15) is 11.9 Å². The summed E-state index contributed by atoms with van der Waals surface area (Å²) in [5.41, 5.74) is 2.53. The van der Waals surface area contributed by atoms with Crippen LogP contribution < -0.4 is 10.1 Å². The van der Waals surface area contributed by atoms with Crippen molar-refractivity contribution in [3.05, 3.63) is 23.8 Å². The molecule has 1 saturated carbocycles. The Morgan fingerprint density at radius 1 is 0.905 bits per heavy atom. The smallest absolute Gasteiger partial charge is 0.143 e. The topological polar surface area (TPSA) is 21.3 Å². The number of nitrogens with one attached hydrogen (secondary N) is 1. The van der Waals surface area contributed by atoms with Gasteiger partial charge in [0.25, 0.3) is 0 Å². The van der Waals surface area contributed by atoms with Gasteiger partial charge in [0.2, 0.25) is 0 Å². The van der Waals surface area contributed by atoms with Crippen LogP contribution in [-0.2, 0) is 0 Å². The average Bonchev–Trinajstić information content (AvgIpc) is 2.48. The number of anilines is 1. The molecule has 2 aliphatic rings. The van der Waals surface area contributed by atoms with Crippen LogP contribution in [0.15, 0.2) is 18.2 Å². The first kappa shape index (κ1) is 14.7. The van der Waals surface area contributed by atoms with Crippen molar-refractivity contribution in [2.75, 3.05) is 5.32 Å². The van der Waals surface area contributed by atoms with E-state index in [1.165, 1.54) is 75.5 Å². The molecule has 1 aliphatic carbocycles. The Labute approximate surface area is 129 Å². The molecule has 2 nitrogen and oxygen atoms in total. The lowest BCUT2D eigenvalue weighted by Crippen LogP contribution is -2.41. The predicted octanol–water partition coefficient (Wildman–Crippen LogP) is 5.45. The molecule has 0 aromatic heterocycles. The second-order valence-electron chi connectivity index (χ2n) is 6.76. The Morgan fingerprint density at radius 3 is 2.33 bits per heavy atom. The molecule has 0 saturated heterocycles. The van der Waals surface area contributed by atoms with Gasteiger partial charge < -0.3 is 10.1 Å². The minimum absolute atomic E-state index is 0.360. The van der Waals surface area contributed by atoms with E-state index < -0.39 is 0 Å². The Morgan fingerprint density at radius 2 is 1.57 bits per heavy atom.